The van der Waals surface area contributed by atoms with Crippen molar-refractivity contribution in [2.45, 2.75) is 25.4 Å². The van der Waals surface area contributed by atoms with E-state index in [1.54, 1.807) is 6.92 Å². The molecular weight excluding hydrogens is 268 g/mol. The van der Waals surface area contributed by atoms with Gasteiger partial charge in [0.2, 0.25) is 5.91 Å². The van der Waals surface area contributed by atoms with Crippen LogP contribution in [0.5, 0.6) is 0 Å². The summed E-state index contributed by atoms with van der Waals surface area (Å²) >= 11 is 0. The second-order valence-electron chi connectivity index (χ2n) is 4.29. The van der Waals surface area contributed by atoms with Gasteiger partial charge >= 0.3 is 37.2 Å². The first-order valence-electron chi connectivity index (χ1n) is 5.44. The van der Waals surface area contributed by atoms with E-state index in [9.17, 15) is 18.8 Å². The maximum atomic E-state index is 13.0. The minimum atomic E-state index is -2.65. The molecule has 106 valence electrons. The number of amides is 3. The summed E-state index contributed by atoms with van der Waals surface area (Å²) < 4.78 is 13.0. The molecule has 1 saturated heterocycles. The fraction of sp³-hybridized carbons (Fsp3) is 0.500. The number of aliphatic carboxylic acids is 1. The third-order valence-corrected chi connectivity index (χ3v) is 3.06. The molecule has 0 aliphatic carbocycles. The number of fused-ring (bicyclic) bond motifs is 2. The molecule has 0 radical (unpaired) electrons. The fourth-order valence-corrected chi connectivity index (χ4v) is 2.11. The Morgan fingerprint density at radius 1 is 1.60 bits per heavy atom. The van der Waals surface area contributed by atoms with Gasteiger partial charge in [0.05, 0.1) is 6.54 Å². The molecule has 2 rings (SSSR count). The van der Waals surface area contributed by atoms with Gasteiger partial charge in [-0.3, -0.25) is 4.79 Å². The van der Waals surface area contributed by atoms with Crippen LogP contribution in [0.1, 0.15) is 6.92 Å². The summed E-state index contributed by atoms with van der Waals surface area (Å²) in [4.78, 5) is 39.1. The zero-order valence-electron chi connectivity index (χ0n) is 9.95. The van der Waals surface area contributed by atoms with Crippen LogP contribution in [-0.2, 0) is 14.4 Å². The van der Waals surface area contributed by atoms with E-state index in [0.717, 1.165) is 4.90 Å². The number of carboxylic acid groups (broad SMARTS) is 1. The minimum absolute atomic E-state index is 0. The van der Waals surface area contributed by atoms with E-state index in [4.69, 9.17) is 10.8 Å². The van der Waals surface area contributed by atoms with Gasteiger partial charge in [0.25, 0.3) is 0 Å². The Hall–Kier alpha value is -1.56. The summed E-state index contributed by atoms with van der Waals surface area (Å²) in [6.07, 6.45) is -1.17. The number of carbonyl (C=O) groups excluding carboxylic acids is 2. The summed E-state index contributed by atoms with van der Waals surface area (Å²) in [6, 6.07) is -2.34. The van der Waals surface area contributed by atoms with Crippen molar-refractivity contribution in [3.05, 3.63) is 11.6 Å². The summed E-state index contributed by atoms with van der Waals surface area (Å²) in [6.45, 7) is 1.72. The van der Waals surface area contributed by atoms with Crippen LogP contribution in [0.2, 0.25) is 0 Å². The molecule has 0 saturated carbocycles. The Balaban J connectivity index is 0.00000200. The zero-order chi connectivity index (χ0) is 14.3. The molecule has 10 heteroatoms. The Morgan fingerprint density at radius 3 is 2.70 bits per heavy atom. The van der Waals surface area contributed by atoms with Gasteiger partial charge in [-0.2, -0.15) is 5.06 Å². The number of alkyl halides is 1. The first kappa shape index (κ1) is 16.5. The number of carboxylic acids is 1. The first-order chi connectivity index (χ1) is 8.82. The van der Waals surface area contributed by atoms with Crippen molar-refractivity contribution in [3.63, 3.8) is 0 Å². The number of nitrogens with two attached hydrogens (primary N) is 1. The van der Waals surface area contributed by atoms with Crippen molar-refractivity contribution in [1.82, 2.24) is 9.96 Å². The van der Waals surface area contributed by atoms with Crippen LogP contribution in [-0.4, -0.2) is 76.8 Å². The van der Waals surface area contributed by atoms with Crippen LogP contribution >= 0.6 is 0 Å². The van der Waals surface area contributed by atoms with Gasteiger partial charge in [0.15, 0.2) is 0 Å². The SMILES string of the molecule is CC1=C[C@@H](C(N)=O)N2C[C@@H]1N(O[C@H](F)C(=O)O)C2=O.[LiH]. The van der Waals surface area contributed by atoms with Gasteiger partial charge in [-0.15, -0.1) is 0 Å². The number of nitrogens with zero attached hydrogens (tertiary/aromatic N) is 2. The van der Waals surface area contributed by atoms with E-state index in [1.807, 2.05) is 0 Å². The molecule has 0 unspecified atom stereocenters. The van der Waals surface area contributed by atoms with Crippen LogP contribution in [0.4, 0.5) is 9.18 Å². The summed E-state index contributed by atoms with van der Waals surface area (Å²) in [5.41, 5.74) is 5.75. The van der Waals surface area contributed by atoms with Gasteiger partial charge in [-0.25, -0.2) is 18.8 Å². The number of hydrogen-bond acceptors (Lipinski definition) is 4. The second kappa shape index (κ2) is 5.83. The molecule has 2 aliphatic heterocycles. The van der Waals surface area contributed by atoms with Crippen LogP contribution in [0.3, 0.4) is 0 Å². The molecule has 2 bridgehead atoms. The average Bonchev–Trinajstić information content (AvgIpc) is 2.60. The standard InChI is InChI=1S/C10H12FN3O5.Li.H/c1-4-2-5(8(12)15)13-3-6(4)14(10(13)18)19-7(11)9(16)17;;/h2,5-7H,3H2,1H3,(H2,12,15)(H,16,17);;/t5-,6-,7-;;/m0../s1. The predicted molar refractivity (Wildman–Crippen MR) is 65.2 cm³/mol. The van der Waals surface area contributed by atoms with Gasteiger partial charge in [-0.1, -0.05) is 6.08 Å². The summed E-state index contributed by atoms with van der Waals surface area (Å²) in [5, 5.41) is 9.07. The van der Waals surface area contributed by atoms with Crippen molar-refractivity contribution in [2.75, 3.05) is 6.54 Å². The van der Waals surface area contributed by atoms with E-state index in [1.165, 1.54) is 6.08 Å². The zero-order valence-corrected chi connectivity index (χ0v) is 9.95. The van der Waals surface area contributed by atoms with Gasteiger partial charge in [0, 0.05) is 0 Å². The molecular formula is C10H13FLiN3O5. The topological polar surface area (TPSA) is 113 Å². The molecule has 8 nitrogen and oxygen atoms in total. The molecule has 1 fully saturated rings. The molecule has 2 heterocycles. The number of hydroxylamine groups is 2. The Morgan fingerprint density at radius 2 is 2.20 bits per heavy atom. The Bertz CT molecular complexity index is 486. The van der Waals surface area contributed by atoms with Crippen molar-refractivity contribution < 1.29 is 28.7 Å². The first-order valence-corrected chi connectivity index (χ1v) is 5.44. The van der Waals surface area contributed by atoms with Crippen LogP contribution in [0, 0.1) is 0 Å². The van der Waals surface area contributed by atoms with E-state index in [0.29, 0.717) is 10.6 Å². The van der Waals surface area contributed by atoms with Gasteiger partial charge in [0.1, 0.15) is 12.1 Å². The van der Waals surface area contributed by atoms with Crippen molar-refractivity contribution in [2.24, 2.45) is 5.73 Å². The van der Waals surface area contributed by atoms with Crippen LogP contribution in [0.25, 0.3) is 0 Å². The third-order valence-electron chi connectivity index (χ3n) is 3.06. The number of halogens is 1. The molecule has 0 aromatic rings. The maximum absolute atomic E-state index is 13.0. The fourth-order valence-electron chi connectivity index (χ4n) is 2.11. The molecule has 3 amide bonds. The Labute approximate surface area is 125 Å². The third kappa shape index (κ3) is 2.65. The number of primary amides is 1. The van der Waals surface area contributed by atoms with Crippen molar-refractivity contribution in [1.29, 1.82) is 0 Å². The van der Waals surface area contributed by atoms with Crippen LogP contribution in [0.15, 0.2) is 11.6 Å². The molecule has 0 aromatic heterocycles. The molecule has 0 spiro atoms. The van der Waals surface area contributed by atoms with E-state index in [2.05, 4.69) is 4.84 Å². The monoisotopic (exact) mass is 281 g/mol. The number of hydrogen-bond donors (Lipinski definition) is 2. The van der Waals surface area contributed by atoms with Gasteiger partial charge < -0.3 is 15.7 Å². The quantitative estimate of drug-likeness (QED) is 0.484. The molecule has 20 heavy (non-hydrogen) atoms. The molecule has 3 N–H and O–H groups in total. The van der Waals surface area contributed by atoms with Crippen LogP contribution < -0.4 is 5.73 Å². The normalized spacial score (nSPS) is 25.9. The van der Waals surface area contributed by atoms with E-state index in [-0.39, 0.29) is 25.4 Å². The molecule has 2 aliphatic rings. The van der Waals surface area contributed by atoms with E-state index < -0.39 is 36.3 Å². The number of urea groups is 1. The average molecular weight is 281 g/mol. The Kier molecular flexibility index (Phi) is 4.80. The number of carbonyl (C=O) groups is 3. The molecule has 0 aromatic carbocycles. The predicted octanol–water partition coefficient (Wildman–Crippen LogP) is -1.43. The number of rotatable bonds is 4. The van der Waals surface area contributed by atoms with Gasteiger partial charge in [-0.05, 0) is 12.5 Å². The van der Waals surface area contributed by atoms with Crippen molar-refractivity contribution >= 4 is 36.8 Å². The second-order valence-corrected chi connectivity index (χ2v) is 4.29. The summed E-state index contributed by atoms with van der Waals surface area (Å²) in [7, 11) is 0. The van der Waals surface area contributed by atoms with E-state index >= 15 is 0 Å². The molecule has 3 atom stereocenters. The summed E-state index contributed by atoms with van der Waals surface area (Å²) in [5.74, 6) is -2.56. The van der Waals surface area contributed by atoms with Crippen molar-refractivity contribution in [3.8, 4) is 0 Å².